The van der Waals surface area contributed by atoms with Crippen molar-refractivity contribution in [3.05, 3.63) is 12.2 Å². The second kappa shape index (κ2) is 3.81. The summed E-state index contributed by atoms with van der Waals surface area (Å²) in [7, 11) is 0. The molecule has 2 aliphatic rings. The number of morpholine rings is 1. The van der Waals surface area contributed by atoms with Gasteiger partial charge in [0.25, 0.3) is 0 Å². The van der Waals surface area contributed by atoms with Crippen molar-refractivity contribution in [2.75, 3.05) is 26.3 Å². The second-order valence-electron chi connectivity index (χ2n) is 4.15. The minimum atomic E-state index is 0.428. The zero-order chi connectivity index (χ0) is 9.15. The van der Waals surface area contributed by atoms with Gasteiger partial charge in [0.1, 0.15) is 0 Å². The molecule has 0 radical (unpaired) electrons. The molecule has 1 saturated carbocycles. The van der Waals surface area contributed by atoms with Crippen LogP contribution in [0.3, 0.4) is 0 Å². The summed E-state index contributed by atoms with van der Waals surface area (Å²) in [5, 5.41) is 0. The van der Waals surface area contributed by atoms with Gasteiger partial charge < -0.3 is 4.74 Å². The SMILES string of the molecule is C/C=C/CN1CCOCC12CCC2. The first-order valence-corrected chi connectivity index (χ1v) is 5.31. The van der Waals surface area contributed by atoms with Crippen LogP contribution < -0.4 is 0 Å². The van der Waals surface area contributed by atoms with Crippen molar-refractivity contribution in [2.24, 2.45) is 0 Å². The number of hydrogen-bond donors (Lipinski definition) is 0. The lowest BCUT2D eigenvalue weighted by Crippen LogP contribution is -2.60. The van der Waals surface area contributed by atoms with Crippen LogP contribution in [-0.2, 0) is 4.74 Å². The molecule has 74 valence electrons. The normalized spacial score (nSPS) is 28.1. The third kappa shape index (κ3) is 1.65. The second-order valence-corrected chi connectivity index (χ2v) is 4.15. The number of nitrogens with zero attached hydrogens (tertiary/aromatic N) is 1. The third-order valence-corrected chi connectivity index (χ3v) is 3.39. The van der Waals surface area contributed by atoms with Gasteiger partial charge in [0.2, 0.25) is 0 Å². The van der Waals surface area contributed by atoms with E-state index >= 15 is 0 Å². The lowest BCUT2D eigenvalue weighted by atomic mass is 9.75. The fourth-order valence-electron chi connectivity index (χ4n) is 2.33. The molecule has 0 N–H and O–H groups in total. The molecule has 0 bridgehead atoms. The van der Waals surface area contributed by atoms with E-state index in [0.29, 0.717) is 5.54 Å². The molecule has 0 aromatic carbocycles. The van der Waals surface area contributed by atoms with Gasteiger partial charge in [0.05, 0.1) is 13.2 Å². The van der Waals surface area contributed by atoms with Crippen LogP contribution in [-0.4, -0.2) is 36.7 Å². The Morgan fingerprint density at radius 2 is 2.31 bits per heavy atom. The molecular weight excluding hydrogens is 162 g/mol. The van der Waals surface area contributed by atoms with Crippen molar-refractivity contribution in [3.8, 4) is 0 Å². The Morgan fingerprint density at radius 1 is 1.46 bits per heavy atom. The van der Waals surface area contributed by atoms with E-state index in [1.54, 1.807) is 0 Å². The summed E-state index contributed by atoms with van der Waals surface area (Å²) in [6.45, 7) is 6.20. The molecule has 2 rings (SSSR count). The van der Waals surface area contributed by atoms with Crippen LogP contribution in [0.2, 0.25) is 0 Å². The highest BCUT2D eigenvalue weighted by atomic mass is 16.5. The van der Waals surface area contributed by atoms with Crippen LogP contribution in [0.15, 0.2) is 12.2 Å². The van der Waals surface area contributed by atoms with Crippen molar-refractivity contribution in [1.29, 1.82) is 0 Å². The van der Waals surface area contributed by atoms with E-state index in [-0.39, 0.29) is 0 Å². The molecule has 0 aromatic rings. The highest BCUT2D eigenvalue weighted by Gasteiger charge is 2.43. The highest BCUT2D eigenvalue weighted by molar-refractivity contribution is 5.01. The molecule has 0 aromatic heterocycles. The topological polar surface area (TPSA) is 12.5 Å². The van der Waals surface area contributed by atoms with Gasteiger partial charge in [-0.05, 0) is 26.2 Å². The molecule has 0 amide bonds. The standard InChI is InChI=1S/C11H19NO/c1-2-3-7-12-8-9-13-10-11(12)5-4-6-11/h2-3H,4-10H2,1H3/b3-2+. The summed E-state index contributed by atoms with van der Waals surface area (Å²) in [6.07, 6.45) is 8.46. The predicted octanol–water partition coefficient (Wildman–Crippen LogP) is 1.82. The minimum absolute atomic E-state index is 0.428. The number of rotatable bonds is 2. The average Bonchev–Trinajstić information content (AvgIpc) is 2.12. The molecule has 1 aliphatic heterocycles. The zero-order valence-electron chi connectivity index (χ0n) is 8.46. The van der Waals surface area contributed by atoms with Gasteiger partial charge in [-0.2, -0.15) is 0 Å². The summed E-state index contributed by atoms with van der Waals surface area (Å²) in [5.74, 6) is 0. The first kappa shape index (κ1) is 9.22. The van der Waals surface area contributed by atoms with Gasteiger partial charge in [0, 0.05) is 18.6 Å². The third-order valence-electron chi connectivity index (χ3n) is 3.39. The molecule has 2 heteroatoms. The van der Waals surface area contributed by atoms with Crippen molar-refractivity contribution >= 4 is 0 Å². The Balaban J connectivity index is 1.96. The van der Waals surface area contributed by atoms with E-state index in [1.807, 2.05) is 0 Å². The van der Waals surface area contributed by atoms with Gasteiger partial charge >= 0.3 is 0 Å². The Hall–Kier alpha value is -0.340. The zero-order valence-corrected chi connectivity index (χ0v) is 8.46. The summed E-state index contributed by atoms with van der Waals surface area (Å²) in [5.41, 5.74) is 0.428. The van der Waals surface area contributed by atoms with Gasteiger partial charge in [-0.1, -0.05) is 12.2 Å². The van der Waals surface area contributed by atoms with Crippen LogP contribution in [0.5, 0.6) is 0 Å². The molecule has 2 fully saturated rings. The Morgan fingerprint density at radius 3 is 2.92 bits per heavy atom. The molecule has 0 unspecified atom stereocenters. The molecular formula is C11H19NO. The van der Waals surface area contributed by atoms with Gasteiger partial charge in [-0.15, -0.1) is 0 Å². The minimum Gasteiger partial charge on any atom is -0.378 e. The predicted molar refractivity (Wildman–Crippen MR) is 53.8 cm³/mol. The van der Waals surface area contributed by atoms with Crippen LogP contribution in [0, 0.1) is 0 Å². The monoisotopic (exact) mass is 181 g/mol. The maximum absolute atomic E-state index is 5.57. The summed E-state index contributed by atoms with van der Waals surface area (Å²) < 4.78 is 5.57. The first-order chi connectivity index (χ1) is 6.37. The highest BCUT2D eigenvalue weighted by Crippen LogP contribution is 2.39. The van der Waals surface area contributed by atoms with Gasteiger partial charge in [-0.3, -0.25) is 4.90 Å². The average molecular weight is 181 g/mol. The van der Waals surface area contributed by atoms with E-state index in [4.69, 9.17) is 4.74 Å². The fourth-order valence-corrected chi connectivity index (χ4v) is 2.33. The fraction of sp³-hybridized carbons (Fsp3) is 0.818. The molecule has 1 aliphatic carbocycles. The number of ether oxygens (including phenoxy) is 1. The van der Waals surface area contributed by atoms with Crippen LogP contribution in [0.4, 0.5) is 0 Å². The Kier molecular flexibility index (Phi) is 2.70. The van der Waals surface area contributed by atoms with E-state index < -0.39 is 0 Å². The van der Waals surface area contributed by atoms with E-state index in [9.17, 15) is 0 Å². The maximum atomic E-state index is 5.57. The largest absolute Gasteiger partial charge is 0.378 e. The summed E-state index contributed by atoms with van der Waals surface area (Å²) >= 11 is 0. The molecule has 2 nitrogen and oxygen atoms in total. The Bertz CT molecular complexity index is 196. The molecule has 0 atom stereocenters. The summed E-state index contributed by atoms with van der Waals surface area (Å²) in [6, 6.07) is 0. The van der Waals surface area contributed by atoms with Crippen LogP contribution in [0.25, 0.3) is 0 Å². The van der Waals surface area contributed by atoms with E-state index in [0.717, 1.165) is 26.3 Å². The van der Waals surface area contributed by atoms with E-state index in [2.05, 4.69) is 24.0 Å². The van der Waals surface area contributed by atoms with Crippen molar-refractivity contribution in [1.82, 2.24) is 4.90 Å². The van der Waals surface area contributed by atoms with E-state index in [1.165, 1.54) is 19.3 Å². The van der Waals surface area contributed by atoms with Crippen molar-refractivity contribution in [2.45, 2.75) is 31.7 Å². The van der Waals surface area contributed by atoms with Crippen molar-refractivity contribution < 1.29 is 4.74 Å². The molecule has 1 spiro atoms. The quantitative estimate of drug-likeness (QED) is 0.602. The summed E-state index contributed by atoms with van der Waals surface area (Å²) in [4.78, 5) is 2.60. The smallest absolute Gasteiger partial charge is 0.0651 e. The molecule has 1 saturated heterocycles. The number of hydrogen-bond acceptors (Lipinski definition) is 2. The molecule has 13 heavy (non-hydrogen) atoms. The Labute approximate surface area is 80.6 Å². The molecule has 1 heterocycles. The lowest BCUT2D eigenvalue weighted by molar-refractivity contribution is -0.101. The van der Waals surface area contributed by atoms with Crippen molar-refractivity contribution in [3.63, 3.8) is 0 Å². The first-order valence-electron chi connectivity index (χ1n) is 5.31. The maximum Gasteiger partial charge on any atom is 0.0651 e. The van der Waals surface area contributed by atoms with Gasteiger partial charge in [-0.25, -0.2) is 0 Å². The van der Waals surface area contributed by atoms with Crippen LogP contribution >= 0.6 is 0 Å². The van der Waals surface area contributed by atoms with Crippen LogP contribution in [0.1, 0.15) is 26.2 Å². The van der Waals surface area contributed by atoms with Gasteiger partial charge in [0.15, 0.2) is 0 Å². The lowest BCUT2D eigenvalue weighted by Gasteiger charge is -2.52. The number of allylic oxidation sites excluding steroid dienone is 1.